The second kappa shape index (κ2) is 5.33. The summed E-state index contributed by atoms with van der Waals surface area (Å²) in [4.78, 5) is 13.3. The minimum absolute atomic E-state index is 0.0270. The molecule has 94 valence electrons. The molecule has 1 fully saturated rings. The molecule has 0 aromatic carbocycles. The summed E-state index contributed by atoms with van der Waals surface area (Å²) in [5.41, 5.74) is 5.80. The van der Waals surface area contributed by atoms with Crippen LogP contribution in [0, 0.1) is 0 Å². The molecule has 0 aliphatic carbocycles. The molecule has 0 saturated carbocycles. The number of nitrogens with one attached hydrogen (secondary N) is 1. The van der Waals surface area contributed by atoms with Crippen LogP contribution in [-0.2, 0) is 4.79 Å². The Bertz CT molecular complexity index is 364. The molecular weight excluding hydrogens is 218 g/mol. The number of rotatable bonds is 4. The van der Waals surface area contributed by atoms with Crippen molar-refractivity contribution in [2.45, 2.75) is 25.4 Å². The summed E-state index contributed by atoms with van der Waals surface area (Å²) in [5.74, 6) is 0.926. The third-order valence-corrected chi connectivity index (χ3v) is 3.16. The Hall–Kier alpha value is -1.33. The van der Waals surface area contributed by atoms with E-state index in [4.69, 9.17) is 10.2 Å². The number of carbonyl (C=O) groups is 1. The van der Waals surface area contributed by atoms with Crippen LogP contribution in [0.15, 0.2) is 22.8 Å². The van der Waals surface area contributed by atoms with E-state index >= 15 is 0 Å². The largest absolute Gasteiger partial charge is 0.468 e. The number of hydrogen-bond donors (Lipinski definition) is 2. The number of carbonyl (C=O) groups excluding carboxylic acids is 1. The maximum Gasteiger partial charge on any atom is 0.217 e. The molecule has 1 aliphatic heterocycles. The first-order chi connectivity index (χ1) is 8.20. The van der Waals surface area contributed by atoms with Crippen molar-refractivity contribution in [1.82, 2.24) is 10.2 Å². The third-order valence-electron chi connectivity index (χ3n) is 3.16. The van der Waals surface area contributed by atoms with Gasteiger partial charge in [0.1, 0.15) is 5.76 Å². The van der Waals surface area contributed by atoms with Gasteiger partial charge in [-0.1, -0.05) is 0 Å². The monoisotopic (exact) mass is 237 g/mol. The van der Waals surface area contributed by atoms with E-state index in [-0.39, 0.29) is 18.0 Å². The van der Waals surface area contributed by atoms with Crippen molar-refractivity contribution in [2.75, 3.05) is 19.6 Å². The minimum Gasteiger partial charge on any atom is -0.468 e. The molecule has 1 aliphatic rings. The molecule has 2 unspecified atom stereocenters. The van der Waals surface area contributed by atoms with Gasteiger partial charge in [0.25, 0.3) is 0 Å². The fourth-order valence-electron chi connectivity index (χ4n) is 2.40. The zero-order valence-corrected chi connectivity index (χ0v) is 10.1. The van der Waals surface area contributed by atoms with E-state index in [0.717, 1.165) is 25.3 Å². The molecular formula is C12H19N3O2. The van der Waals surface area contributed by atoms with E-state index in [2.05, 4.69) is 10.2 Å². The summed E-state index contributed by atoms with van der Waals surface area (Å²) < 4.78 is 5.41. The first-order valence-electron chi connectivity index (χ1n) is 5.95. The first-order valence-corrected chi connectivity index (χ1v) is 5.95. The number of amides is 1. The second-order valence-corrected chi connectivity index (χ2v) is 4.45. The minimum atomic E-state index is 0.0270. The standard InChI is InChI=1S/C12H19N3O2/c1-9(16)14-10-4-5-15(8-10)11(7-13)12-3-2-6-17-12/h2-3,6,10-11H,4-5,7-8,13H2,1H3,(H,14,16). The van der Waals surface area contributed by atoms with Gasteiger partial charge in [0.15, 0.2) is 0 Å². The first kappa shape index (κ1) is 12.1. The molecule has 2 rings (SSSR count). The fourth-order valence-corrected chi connectivity index (χ4v) is 2.40. The highest BCUT2D eigenvalue weighted by Gasteiger charge is 2.29. The van der Waals surface area contributed by atoms with Crippen LogP contribution in [0.25, 0.3) is 0 Å². The number of furan rings is 1. The highest BCUT2D eigenvalue weighted by molar-refractivity contribution is 5.73. The maximum atomic E-state index is 11.0. The van der Waals surface area contributed by atoms with Gasteiger partial charge in [-0.25, -0.2) is 0 Å². The molecule has 2 heterocycles. The summed E-state index contributed by atoms with van der Waals surface area (Å²) in [6, 6.07) is 4.17. The summed E-state index contributed by atoms with van der Waals surface area (Å²) in [6.45, 7) is 3.85. The molecule has 5 heteroatoms. The van der Waals surface area contributed by atoms with Gasteiger partial charge < -0.3 is 15.5 Å². The molecule has 0 radical (unpaired) electrons. The molecule has 3 N–H and O–H groups in total. The SMILES string of the molecule is CC(=O)NC1CCN(C(CN)c2ccco2)C1. The maximum absolute atomic E-state index is 11.0. The van der Waals surface area contributed by atoms with Crippen LogP contribution in [0.1, 0.15) is 25.1 Å². The van der Waals surface area contributed by atoms with Gasteiger partial charge in [-0.05, 0) is 18.6 Å². The second-order valence-electron chi connectivity index (χ2n) is 4.45. The van der Waals surface area contributed by atoms with Crippen LogP contribution in [0.4, 0.5) is 0 Å². The topological polar surface area (TPSA) is 71.5 Å². The van der Waals surface area contributed by atoms with Crippen molar-refractivity contribution in [3.63, 3.8) is 0 Å². The van der Waals surface area contributed by atoms with Crippen LogP contribution in [-0.4, -0.2) is 36.5 Å². The van der Waals surface area contributed by atoms with Gasteiger partial charge in [-0.2, -0.15) is 0 Å². The summed E-state index contributed by atoms with van der Waals surface area (Å²) in [6.07, 6.45) is 2.64. The Balaban J connectivity index is 1.96. The Morgan fingerprint density at radius 3 is 3.18 bits per heavy atom. The smallest absolute Gasteiger partial charge is 0.217 e. The number of nitrogens with two attached hydrogens (primary N) is 1. The predicted molar refractivity (Wildman–Crippen MR) is 64.3 cm³/mol. The molecule has 17 heavy (non-hydrogen) atoms. The molecule has 0 bridgehead atoms. The van der Waals surface area contributed by atoms with E-state index in [9.17, 15) is 4.79 Å². The van der Waals surface area contributed by atoms with E-state index in [1.807, 2.05) is 12.1 Å². The van der Waals surface area contributed by atoms with Gasteiger partial charge in [0.05, 0.1) is 12.3 Å². The van der Waals surface area contributed by atoms with Gasteiger partial charge >= 0.3 is 0 Å². The average molecular weight is 237 g/mol. The molecule has 5 nitrogen and oxygen atoms in total. The fraction of sp³-hybridized carbons (Fsp3) is 0.583. The van der Waals surface area contributed by atoms with E-state index < -0.39 is 0 Å². The van der Waals surface area contributed by atoms with E-state index in [1.165, 1.54) is 0 Å². The van der Waals surface area contributed by atoms with Crippen molar-refractivity contribution in [2.24, 2.45) is 5.73 Å². The Morgan fingerprint density at radius 1 is 1.76 bits per heavy atom. The molecule has 1 amide bonds. The van der Waals surface area contributed by atoms with Gasteiger partial charge in [0, 0.05) is 32.6 Å². The Morgan fingerprint density at radius 2 is 2.59 bits per heavy atom. The lowest BCUT2D eigenvalue weighted by Gasteiger charge is -2.24. The van der Waals surface area contributed by atoms with Gasteiger partial charge in [0.2, 0.25) is 5.91 Å². The highest BCUT2D eigenvalue weighted by atomic mass is 16.3. The zero-order chi connectivity index (χ0) is 12.3. The van der Waals surface area contributed by atoms with Crippen molar-refractivity contribution in [3.05, 3.63) is 24.2 Å². The summed E-state index contributed by atoms with van der Waals surface area (Å²) in [5, 5.41) is 2.94. The normalized spacial score (nSPS) is 22.6. The van der Waals surface area contributed by atoms with Crippen LogP contribution in [0.5, 0.6) is 0 Å². The molecule has 0 spiro atoms. The number of hydrogen-bond acceptors (Lipinski definition) is 4. The lowest BCUT2D eigenvalue weighted by atomic mass is 10.2. The van der Waals surface area contributed by atoms with Crippen molar-refractivity contribution >= 4 is 5.91 Å². The van der Waals surface area contributed by atoms with E-state index in [1.54, 1.807) is 13.2 Å². The van der Waals surface area contributed by atoms with Crippen LogP contribution >= 0.6 is 0 Å². The Labute approximate surface area is 101 Å². The predicted octanol–water partition coefficient (Wildman–Crippen LogP) is 0.490. The van der Waals surface area contributed by atoms with Gasteiger partial charge in [-0.3, -0.25) is 9.69 Å². The van der Waals surface area contributed by atoms with Crippen LogP contribution in [0.2, 0.25) is 0 Å². The Kier molecular flexibility index (Phi) is 3.81. The van der Waals surface area contributed by atoms with Gasteiger partial charge in [-0.15, -0.1) is 0 Å². The molecule has 1 aromatic rings. The number of likely N-dealkylation sites (tertiary alicyclic amines) is 1. The van der Waals surface area contributed by atoms with Crippen molar-refractivity contribution in [1.29, 1.82) is 0 Å². The lowest BCUT2D eigenvalue weighted by molar-refractivity contribution is -0.119. The zero-order valence-electron chi connectivity index (χ0n) is 10.1. The molecule has 2 atom stereocenters. The quantitative estimate of drug-likeness (QED) is 0.799. The van der Waals surface area contributed by atoms with Crippen LogP contribution < -0.4 is 11.1 Å². The van der Waals surface area contributed by atoms with E-state index in [0.29, 0.717) is 6.54 Å². The molecule has 1 saturated heterocycles. The summed E-state index contributed by atoms with van der Waals surface area (Å²) >= 11 is 0. The van der Waals surface area contributed by atoms with Crippen LogP contribution in [0.3, 0.4) is 0 Å². The molecule has 1 aromatic heterocycles. The van der Waals surface area contributed by atoms with Crippen molar-refractivity contribution in [3.8, 4) is 0 Å². The number of nitrogens with zero attached hydrogens (tertiary/aromatic N) is 1. The van der Waals surface area contributed by atoms with Crippen molar-refractivity contribution < 1.29 is 9.21 Å². The lowest BCUT2D eigenvalue weighted by Crippen LogP contribution is -2.38. The third kappa shape index (κ3) is 2.87. The highest BCUT2D eigenvalue weighted by Crippen LogP contribution is 2.24. The summed E-state index contributed by atoms with van der Waals surface area (Å²) in [7, 11) is 0. The average Bonchev–Trinajstić information content (AvgIpc) is 2.90.